The lowest BCUT2D eigenvalue weighted by Gasteiger charge is -2.05. The summed E-state index contributed by atoms with van der Waals surface area (Å²) < 4.78 is 0. The van der Waals surface area contributed by atoms with E-state index < -0.39 is 0 Å². The highest BCUT2D eigenvalue weighted by molar-refractivity contribution is 5.78. The summed E-state index contributed by atoms with van der Waals surface area (Å²) in [7, 11) is 0. The second-order valence-electron chi connectivity index (χ2n) is 15.7. The van der Waals surface area contributed by atoms with Crippen LogP contribution in [0.1, 0.15) is 271 Å². The van der Waals surface area contributed by atoms with E-state index in [2.05, 4.69) is 13.8 Å². The van der Waals surface area contributed by atoms with E-state index in [1.807, 2.05) is 0 Å². The van der Waals surface area contributed by atoms with E-state index in [0.717, 1.165) is 77.4 Å². The lowest BCUT2D eigenvalue weighted by Crippen LogP contribution is -1.99. The van der Waals surface area contributed by atoms with Gasteiger partial charge < -0.3 is 0 Å². The highest BCUT2D eigenvalue weighted by atomic mass is 17.2. The zero-order chi connectivity index (χ0) is 36.3. The Balaban J connectivity index is 3.17. The van der Waals surface area contributed by atoms with Gasteiger partial charge in [0.05, 0.1) is 13.2 Å². The minimum absolute atomic E-state index is 0.497. The standard InChI is InChI=1S/C46H90O4/c1-3-5-7-9-11-15-21-27-33-39-45(47)41-35-29-23-17-13-19-25-31-37-43-49-50-44-38-32-26-20-14-18-24-30-36-42-46(48)40-34-28-22-16-12-10-8-6-4-2/h3-44H2,1-2H3. The van der Waals surface area contributed by atoms with Crippen molar-refractivity contribution in [1.29, 1.82) is 0 Å². The number of hydrogen-bond acceptors (Lipinski definition) is 4. The summed E-state index contributed by atoms with van der Waals surface area (Å²) in [6.45, 7) is 5.98. The average Bonchev–Trinajstić information content (AvgIpc) is 3.12. The summed E-state index contributed by atoms with van der Waals surface area (Å²) in [4.78, 5) is 35.0. The second-order valence-corrected chi connectivity index (χ2v) is 15.7. The van der Waals surface area contributed by atoms with Crippen LogP contribution in [0.3, 0.4) is 0 Å². The van der Waals surface area contributed by atoms with Crippen LogP contribution < -0.4 is 0 Å². The Morgan fingerprint density at radius 3 is 0.660 bits per heavy atom. The van der Waals surface area contributed by atoms with Gasteiger partial charge in [-0.25, -0.2) is 9.78 Å². The quantitative estimate of drug-likeness (QED) is 0.0359. The molecule has 0 heterocycles. The highest BCUT2D eigenvalue weighted by Crippen LogP contribution is 2.16. The molecule has 50 heavy (non-hydrogen) atoms. The fourth-order valence-electron chi connectivity index (χ4n) is 7.07. The van der Waals surface area contributed by atoms with E-state index >= 15 is 0 Å². The summed E-state index contributed by atoms with van der Waals surface area (Å²) in [6, 6.07) is 0. The third kappa shape index (κ3) is 43.4. The van der Waals surface area contributed by atoms with Crippen molar-refractivity contribution in [2.75, 3.05) is 13.2 Å². The first-order valence-electron chi connectivity index (χ1n) is 23.0. The van der Waals surface area contributed by atoms with Crippen molar-refractivity contribution in [3.05, 3.63) is 0 Å². The molecule has 298 valence electrons. The Hall–Kier alpha value is -0.740. The van der Waals surface area contributed by atoms with Crippen LogP contribution in [0, 0.1) is 0 Å². The lowest BCUT2D eigenvalue weighted by atomic mass is 10.0. The number of rotatable bonds is 45. The molecule has 0 spiro atoms. The molecule has 0 aromatic rings. The molecule has 0 aliphatic heterocycles. The summed E-state index contributed by atoms with van der Waals surface area (Å²) in [5.41, 5.74) is 0. The molecule has 0 aliphatic rings. The van der Waals surface area contributed by atoms with E-state index in [1.54, 1.807) is 0 Å². The molecule has 0 unspecified atom stereocenters. The number of carbonyl (C=O) groups is 2. The van der Waals surface area contributed by atoms with Crippen molar-refractivity contribution in [2.24, 2.45) is 0 Å². The molecule has 4 nitrogen and oxygen atoms in total. The molecule has 0 aliphatic carbocycles. The lowest BCUT2D eigenvalue weighted by molar-refractivity contribution is -0.295. The molecule has 0 radical (unpaired) electrons. The van der Waals surface area contributed by atoms with Crippen molar-refractivity contribution < 1.29 is 19.4 Å². The predicted octanol–water partition coefficient (Wildman–Crippen LogP) is 15.7. The molecule has 0 saturated carbocycles. The maximum absolute atomic E-state index is 12.1. The van der Waals surface area contributed by atoms with Gasteiger partial charge in [0.25, 0.3) is 0 Å². The monoisotopic (exact) mass is 707 g/mol. The van der Waals surface area contributed by atoms with Crippen LogP contribution in [-0.2, 0) is 19.4 Å². The Kier molecular flexibility index (Phi) is 43.8. The van der Waals surface area contributed by atoms with Crippen LogP contribution in [0.4, 0.5) is 0 Å². The maximum Gasteiger partial charge on any atom is 0.132 e. The number of Topliss-reactive ketones (excluding diaryl/α,β-unsaturated/α-hetero) is 2. The molecule has 0 fully saturated rings. The molecule has 0 amide bonds. The van der Waals surface area contributed by atoms with E-state index in [4.69, 9.17) is 9.78 Å². The first kappa shape index (κ1) is 49.3. The van der Waals surface area contributed by atoms with Gasteiger partial charge in [-0.05, 0) is 38.5 Å². The van der Waals surface area contributed by atoms with E-state index in [9.17, 15) is 9.59 Å². The van der Waals surface area contributed by atoms with Gasteiger partial charge in [-0.1, -0.05) is 206 Å². The largest absolute Gasteiger partial charge is 0.300 e. The average molecular weight is 707 g/mol. The third-order valence-electron chi connectivity index (χ3n) is 10.6. The van der Waals surface area contributed by atoms with E-state index in [1.165, 1.54) is 193 Å². The fraction of sp³-hybridized carbons (Fsp3) is 0.957. The summed E-state index contributed by atoms with van der Waals surface area (Å²) >= 11 is 0. The summed E-state index contributed by atoms with van der Waals surface area (Å²) in [5, 5.41) is 0. The Morgan fingerprint density at radius 1 is 0.260 bits per heavy atom. The van der Waals surface area contributed by atoms with Gasteiger partial charge in [-0.3, -0.25) is 9.59 Å². The number of carbonyl (C=O) groups excluding carboxylic acids is 2. The van der Waals surface area contributed by atoms with Gasteiger partial charge in [-0.15, -0.1) is 0 Å². The molecule has 0 atom stereocenters. The number of unbranched alkanes of at least 4 members (excludes halogenated alkanes) is 32. The Morgan fingerprint density at radius 2 is 0.440 bits per heavy atom. The van der Waals surface area contributed by atoms with Gasteiger partial charge in [0, 0.05) is 25.7 Å². The topological polar surface area (TPSA) is 52.6 Å². The van der Waals surface area contributed by atoms with Crippen LogP contribution in [0.25, 0.3) is 0 Å². The molecule has 0 rings (SSSR count). The number of ketones is 2. The van der Waals surface area contributed by atoms with Gasteiger partial charge in [0.2, 0.25) is 0 Å². The van der Waals surface area contributed by atoms with Crippen LogP contribution in [0.2, 0.25) is 0 Å². The SMILES string of the molecule is CCCCCCCCCCCC(=O)CCCCCCCCCCCOOCCCCCCCCCCCC(=O)CCCCCCCCCCC. The highest BCUT2D eigenvalue weighted by Gasteiger charge is 2.04. The number of hydrogen-bond donors (Lipinski definition) is 0. The second kappa shape index (κ2) is 44.4. The summed E-state index contributed by atoms with van der Waals surface area (Å²) in [5.74, 6) is 0.994. The van der Waals surface area contributed by atoms with Crippen molar-refractivity contribution >= 4 is 11.6 Å². The zero-order valence-electron chi connectivity index (χ0n) is 34.3. The molecule has 0 bridgehead atoms. The van der Waals surface area contributed by atoms with Crippen molar-refractivity contribution in [3.8, 4) is 0 Å². The van der Waals surface area contributed by atoms with Crippen molar-refractivity contribution in [3.63, 3.8) is 0 Å². The first-order chi connectivity index (χ1) is 24.7. The first-order valence-corrected chi connectivity index (χ1v) is 23.0. The maximum atomic E-state index is 12.1. The molecule has 0 aromatic heterocycles. The van der Waals surface area contributed by atoms with Crippen molar-refractivity contribution in [2.45, 2.75) is 271 Å². The van der Waals surface area contributed by atoms with E-state index in [0.29, 0.717) is 11.6 Å². The zero-order valence-corrected chi connectivity index (χ0v) is 34.3. The van der Waals surface area contributed by atoms with Crippen LogP contribution in [-0.4, -0.2) is 24.8 Å². The third-order valence-corrected chi connectivity index (χ3v) is 10.6. The van der Waals surface area contributed by atoms with Crippen LogP contribution in [0.5, 0.6) is 0 Å². The minimum Gasteiger partial charge on any atom is -0.300 e. The minimum atomic E-state index is 0.497. The fourth-order valence-corrected chi connectivity index (χ4v) is 7.07. The molecule has 0 saturated heterocycles. The van der Waals surface area contributed by atoms with Crippen molar-refractivity contribution in [1.82, 2.24) is 0 Å². The van der Waals surface area contributed by atoms with Crippen LogP contribution in [0.15, 0.2) is 0 Å². The molecule has 0 N–H and O–H groups in total. The van der Waals surface area contributed by atoms with Gasteiger partial charge in [0.15, 0.2) is 0 Å². The molecule has 4 heteroatoms. The predicted molar refractivity (Wildman–Crippen MR) is 218 cm³/mol. The molecular formula is C46H90O4. The van der Waals surface area contributed by atoms with E-state index in [-0.39, 0.29) is 0 Å². The van der Waals surface area contributed by atoms with Gasteiger partial charge in [0.1, 0.15) is 11.6 Å². The normalized spacial score (nSPS) is 11.5. The Bertz CT molecular complexity index is 607. The van der Waals surface area contributed by atoms with Gasteiger partial charge in [-0.2, -0.15) is 0 Å². The van der Waals surface area contributed by atoms with Crippen LogP contribution >= 0.6 is 0 Å². The smallest absolute Gasteiger partial charge is 0.132 e. The molecule has 0 aromatic carbocycles. The summed E-state index contributed by atoms with van der Waals surface area (Å²) in [6.07, 6.45) is 49.4. The molecular weight excluding hydrogens is 617 g/mol. The van der Waals surface area contributed by atoms with Gasteiger partial charge >= 0.3 is 0 Å². The Labute approximate surface area is 314 Å².